The summed E-state index contributed by atoms with van der Waals surface area (Å²) in [6.07, 6.45) is 4.39. The monoisotopic (exact) mass is 234 g/mol. The first-order valence-corrected chi connectivity index (χ1v) is 6.41. The summed E-state index contributed by atoms with van der Waals surface area (Å²) in [5.74, 6) is 1.59. The van der Waals surface area contributed by atoms with Gasteiger partial charge in [-0.1, -0.05) is 6.92 Å². The highest BCUT2D eigenvalue weighted by molar-refractivity contribution is 5.35. The Morgan fingerprint density at radius 3 is 2.82 bits per heavy atom. The molecule has 1 aliphatic rings. The van der Waals surface area contributed by atoms with Crippen LogP contribution in [0.5, 0.6) is 0 Å². The van der Waals surface area contributed by atoms with Crippen LogP contribution in [-0.4, -0.2) is 22.6 Å². The van der Waals surface area contributed by atoms with E-state index < -0.39 is 0 Å². The van der Waals surface area contributed by atoms with Crippen LogP contribution in [0.2, 0.25) is 0 Å². The molecule has 2 N–H and O–H groups in total. The van der Waals surface area contributed by atoms with Crippen LogP contribution >= 0.6 is 0 Å². The largest absolute Gasteiger partial charge is 0.338 e. The molecule has 0 saturated carbocycles. The van der Waals surface area contributed by atoms with Crippen LogP contribution in [0.4, 0.5) is 5.95 Å². The van der Waals surface area contributed by atoms with Gasteiger partial charge in [-0.2, -0.15) is 0 Å². The molecule has 0 aromatic carbocycles. The van der Waals surface area contributed by atoms with E-state index >= 15 is 0 Å². The van der Waals surface area contributed by atoms with Gasteiger partial charge >= 0.3 is 0 Å². The van der Waals surface area contributed by atoms with Crippen molar-refractivity contribution in [1.82, 2.24) is 9.97 Å². The average Bonchev–Trinajstić information content (AvgIpc) is 2.32. The zero-order valence-corrected chi connectivity index (χ0v) is 11.0. The Bertz CT molecular complexity index is 391. The van der Waals surface area contributed by atoms with Crippen LogP contribution in [0, 0.1) is 12.8 Å². The van der Waals surface area contributed by atoms with Crippen molar-refractivity contribution < 1.29 is 0 Å². The van der Waals surface area contributed by atoms with Crippen molar-refractivity contribution in [2.75, 3.05) is 11.4 Å². The molecule has 2 heterocycles. The minimum absolute atomic E-state index is 0.512. The highest BCUT2D eigenvalue weighted by atomic mass is 15.3. The maximum atomic E-state index is 5.63. The predicted octanol–water partition coefficient (Wildman–Crippen LogP) is 1.87. The van der Waals surface area contributed by atoms with Crippen molar-refractivity contribution in [2.45, 2.75) is 46.2 Å². The van der Waals surface area contributed by atoms with Gasteiger partial charge in [0, 0.05) is 36.6 Å². The molecule has 2 rings (SSSR count). The normalized spacial score (nSPS) is 25.1. The van der Waals surface area contributed by atoms with E-state index in [4.69, 9.17) is 5.73 Å². The number of aromatic nitrogens is 2. The summed E-state index contributed by atoms with van der Waals surface area (Å²) in [5.41, 5.74) is 7.67. The van der Waals surface area contributed by atoms with E-state index in [1.54, 1.807) is 0 Å². The van der Waals surface area contributed by atoms with Crippen LogP contribution in [0.3, 0.4) is 0 Å². The first-order valence-electron chi connectivity index (χ1n) is 6.41. The van der Waals surface area contributed by atoms with Crippen molar-refractivity contribution in [3.8, 4) is 0 Å². The summed E-state index contributed by atoms with van der Waals surface area (Å²) in [6.45, 7) is 8.12. The quantitative estimate of drug-likeness (QED) is 0.848. The Kier molecular flexibility index (Phi) is 3.62. The molecule has 0 spiro atoms. The first kappa shape index (κ1) is 12.3. The fraction of sp³-hybridized carbons (Fsp3) is 0.692. The Balaban J connectivity index is 2.23. The minimum Gasteiger partial charge on any atom is -0.338 e. The fourth-order valence-electron chi connectivity index (χ4n) is 2.39. The number of piperidine rings is 1. The van der Waals surface area contributed by atoms with E-state index in [0.29, 0.717) is 12.6 Å². The summed E-state index contributed by atoms with van der Waals surface area (Å²) < 4.78 is 0. The van der Waals surface area contributed by atoms with E-state index in [1.165, 1.54) is 12.8 Å². The molecule has 0 aliphatic carbocycles. The number of nitrogens with zero attached hydrogens (tertiary/aromatic N) is 3. The first-order chi connectivity index (χ1) is 8.11. The Morgan fingerprint density at radius 2 is 2.18 bits per heavy atom. The molecule has 1 fully saturated rings. The second kappa shape index (κ2) is 5.00. The third-order valence-corrected chi connectivity index (χ3v) is 3.66. The lowest BCUT2D eigenvalue weighted by molar-refractivity contribution is 0.385. The molecule has 4 nitrogen and oxygen atoms in total. The second-order valence-corrected chi connectivity index (χ2v) is 5.17. The molecule has 1 saturated heterocycles. The Labute approximate surface area is 103 Å². The zero-order chi connectivity index (χ0) is 12.4. The van der Waals surface area contributed by atoms with E-state index in [1.807, 2.05) is 13.1 Å². The van der Waals surface area contributed by atoms with E-state index in [2.05, 4.69) is 28.7 Å². The smallest absolute Gasteiger partial charge is 0.225 e. The predicted molar refractivity (Wildman–Crippen MR) is 69.9 cm³/mol. The van der Waals surface area contributed by atoms with Crippen LogP contribution in [0.1, 0.15) is 37.9 Å². The van der Waals surface area contributed by atoms with Gasteiger partial charge in [-0.05, 0) is 32.6 Å². The SMILES string of the molecule is Cc1nc(N2CC(C)CCC2C)ncc1CN. The van der Waals surface area contributed by atoms with Gasteiger partial charge in [-0.15, -0.1) is 0 Å². The van der Waals surface area contributed by atoms with Gasteiger partial charge in [0.05, 0.1) is 0 Å². The van der Waals surface area contributed by atoms with Crippen molar-refractivity contribution in [1.29, 1.82) is 0 Å². The molecular formula is C13H22N4. The molecule has 0 amide bonds. The van der Waals surface area contributed by atoms with Gasteiger partial charge in [-0.25, -0.2) is 9.97 Å². The number of hydrogen-bond acceptors (Lipinski definition) is 4. The van der Waals surface area contributed by atoms with Gasteiger partial charge in [0.15, 0.2) is 0 Å². The van der Waals surface area contributed by atoms with Crippen molar-refractivity contribution in [2.24, 2.45) is 11.7 Å². The standard InChI is InChI=1S/C13H22N4/c1-9-4-5-10(2)17(8-9)13-15-7-12(6-14)11(3)16-13/h7,9-10H,4-6,8,14H2,1-3H3. The Morgan fingerprint density at radius 1 is 1.41 bits per heavy atom. The van der Waals surface area contributed by atoms with E-state index in [9.17, 15) is 0 Å². The summed E-state index contributed by atoms with van der Waals surface area (Å²) in [6, 6.07) is 0.536. The van der Waals surface area contributed by atoms with E-state index in [-0.39, 0.29) is 0 Å². The average molecular weight is 234 g/mol. The van der Waals surface area contributed by atoms with Crippen LogP contribution < -0.4 is 10.6 Å². The second-order valence-electron chi connectivity index (χ2n) is 5.17. The number of nitrogens with two attached hydrogens (primary N) is 1. The molecule has 94 valence electrons. The molecule has 1 aromatic rings. The van der Waals surface area contributed by atoms with Gasteiger partial charge in [-0.3, -0.25) is 0 Å². The lowest BCUT2D eigenvalue weighted by Crippen LogP contribution is -2.42. The summed E-state index contributed by atoms with van der Waals surface area (Å²) in [5, 5.41) is 0. The highest BCUT2D eigenvalue weighted by Gasteiger charge is 2.24. The van der Waals surface area contributed by atoms with Crippen LogP contribution in [0.25, 0.3) is 0 Å². The summed E-state index contributed by atoms with van der Waals surface area (Å²) in [4.78, 5) is 11.4. The van der Waals surface area contributed by atoms with Crippen molar-refractivity contribution >= 4 is 5.95 Å². The van der Waals surface area contributed by atoms with Crippen LogP contribution in [0.15, 0.2) is 6.20 Å². The lowest BCUT2D eigenvalue weighted by atomic mass is 9.95. The van der Waals surface area contributed by atoms with Crippen LogP contribution in [-0.2, 0) is 6.54 Å². The van der Waals surface area contributed by atoms with Gasteiger partial charge < -0.3 is 10.6 Å². The van der Waals surface area contributed by atoms with Gasteiger partial charge in [0.2, 0.25) is 5.95 Å². The molecule has 0 bridgehead atoms. The van der Waals surface area contributed by atoms with E-state index in [0.717, 1.165) is 29.7 Å². The molecule has 0 radical (unpaired) electrons. The third-order valence-electron chi connectivity index (χ3n) is 3.66. The lowest BCUT2D eigenvalue weighted by Gasteiger charge is -2.36. The molecular weight excluding hydrogens is 212 g/mol. The minimum atomic E-state index is 0.512. The highest BCUT2D eigenvalue weighted by Crippen LogP contribution is 2.25. The molecule has 1 aromatic heterocycles. The maximum Gasteiger partial charge on any atom is 0.225 e. The van der Waals surface area contributed by atoms with Gasteiger partial charge in [0.25, 0.3) is 0 Å². The number of rotatable bonds is 2. The zero-order valence-electron chi connectivity index (χ0n) is 11.0. The molecule has 17 heavy (non-hydrogen) atoms. The molecule has 1 aliphatic heterocycles. The number of anilines is 1. The topological polar surface area (TPSA) is 55.0 Å². The summed E-state index contributed by atoms with van der Waals surface area (Å²) in [7, 11) is 0. The van der Waals surface area contributed by atoms with Crippen molar-refractivity contribution in [3.63, 3.8) is 0 Å². The van der Waals surface area contributed by atoms with Crippen molar-refractivity contribution in [3.05, 3.63) is 17.5 Å². The molecule has 4 heteroatoms. The molecule has 2 atom stereocenters. The summed E-state index contributed by atoms with van der Waals surface area (Å²) >= 11 is 0. The molecule has 2 unspecified atom stereocenters. The third kappa shape index (κ3) is 2.57. The number of hydrogen-bond donors (Lipinski definition) is 1. The number of aryl methyl sites for hydroxylation is 1. The fourth-order valence-corrected chi connectivity index (χ4v) is 2.39. The van der Waals surface area contributed by atoms with Gasteiger partial charge in [0.1, 0.15) is 0 Å². The maximum absolute atomic E-state index is 5.63. The Hall–Kier alpha value is -1.16.